The van der Waals surface area contributed by atoms with E-state index in [1.54, 1.807) is 36.4 Å². The van der Waals surface area contributed by atoms with Gasteiger partial charge < -0.3 is 9.84 Å². The number of hydrogen-bond acceptors (Lipinski definition) is 7. The maximum Gasteiger partial charge on any atom is 0.337 e. The highest BCUT2D eigenvalue weighted by atomic mass is 35.5. The van der Waals surface area contributed by atoms with Crippen LogP contribution in [-0.4, -0.2) is 35.6 Å². The number of pyridine rings is 2. The van der Waals surface area contributed by atoms with Crippen LogP contribution in [0.25, 0.3) is 0 Å². The molecule has 3 N–H and O–H groups in total. The number of nitrogens with zero attached hydrogens (tertiary/aromatic N) is 4. The first-order valence-electron chi connectivity index (χ1n) is 9.42. The Morgan fingerprint density at radius 2 is 1.85 bits per heavy atom. The number of halogens is 1. The van der Waals surface area contributed by atoms with Gasteiger partial charge in [0.2, 0.25) is 5.62 Å². The molecule has 3 aromatic heterocycles. The first-order chi connectivity index (χ1) is 15.9. The molecule has 0 saturated carbocycles. The summed E-state index contributed by atoms with van der Waals surface area (Å²) in [5.74, 6) is -0.446. The molecular weight excluding hydrogens is 452 g/mol. The van der Waals surface area contributed by atoms with Gasteiger partial charge in [0, 0.05) is 12.4 Å². The Hall–Kier alpha value is -4.51. The molecule has 1 aromatic carbocycles. The third-order valence-corrected chi connectivity index (χ3v) is 4.55. The fraction of sp³-hybridized carbons (Fsp3) is 0.0476. The van der Waals surface area contributed by atoms with Crippen molar-refractivity contribution in [2.45, 2.75) is 6.54 Å². The van der Waals surface area contributed by atoms with E-state index in [0.29, 0.717) is 22.2 Å². The molecule has 0 atom stereocenters. The summed E-state index contributed by atoms with van der Waals surface area (Å²) >= 11 is 5.85. The van der Waals surface area contributed by atoms with Crippen molar-refractivity contribution in [2.75, 3.05) is 0 Å². The van der Waals surface area contributed by atoms with Crippen LogP contribution >= 0.6 is 11.6 Å². The minimum atomic E-state index is -1.11. The van der Waals surface area contributed by atoms with Gasteiger partial charge in [-0.3, -0.25) is 24.5 Å². The second kappa shape index (κ2) is 9.32. The van der Waals surface area contributed by atoms with Crippen LogP contribution in [-0.2, 0) is 6.54 Å². The standard InChI is InChI=1S/C21H15ClN6O5/c22-13-1-2-15(24-9-13)11-28-19(26-20(31)27-21(28)32)25-14-3-5-16(6-4-14)33-17-7-12(18(29)30)8-23-10-17/h1-10H,11H2,(H,29,30)(H2,25,26,27,31,32). The van der Waals surface area contributed by atoms with Gasteiger partial charge >= 0.3 is 17.3 Å². The van der Waals surface area contributed by atoms with Crippen LogP contribution in [0.2, 0.25) is 5.02 Å². The van der Waals surface area contributed by atoms with Gasteiger partial charge in [-0.15, -0.1) is 0 Å². The average molecular weight is 467 g/mol. The van der Waals surface area contributed by atoms with Gasteiger partial charge in [0.1, 0.15) is 11.5 Å². The van der Waals surface area contributed by atoms with Gasteiger partial charge in [0.15, 0.2) is 0 Å². The summed E-state index contributed by atoms with van der Waals surface area (Å²) in [6.45, 7) is 0.0518. The van der Waals surface area contributed by atoms with E-state index in [1.807, 2.05) is 0 Å². The Bertz CT molecular complexity index is 1490. The fourth-order valence-corrected chi connectivity index (χ4v) is 2.91. The minimum absolute atomic E-state index is 0.00268. The van der Waals surface area contributed by atoms with Crippen LogP contribution in [0.4, 0.5) is 5.69 Å². The number of rotatable bonds is 6. The van der Waals surface area contributed by atoms with Crippen molar-refractivity contribution in [1.29, 1.82) is 0 Å². The smallest absolute Gasteiger partial charge is 0.337 e. The van der Waals surface area contributed by atoms with Crippen LogP contribution in [0.1, 0.15) is 16.1 Å². The van der Waals surface area contributed by atoms with Crippen molar-refractivity contribution in [1.82, 2.24) is 24.5 Å². The van der Waals surface area contributed by atoms with E-state index in [2.05, 4.69) is 24.9 Å². The normalized spacial score (nSPS) is 11.4. The summed E-state index contributed by atoms with van der Waals surface area (Å²) in [7, 11) is 0. The number of carbonyl (C=O) groups is 1. The van der Waals surface area contributed by atoms with Crippen LogP contribution in [0.15, 0.2) is 75.6 Å². The van der Waals surface area contributed by atoms with Gasteiger partial charge in [-0.2, -0.15) is 0 Å². The van der Waals surface area contributed by atoms with E-state index in [-0.39, 0.29) is 23.5 Å². The van der Waals surface area contributed by atoms with Crippen molar-refractivity contribution in [3.05, 3.63) is 104 Å². The molecule has 4 aromatic rings. The lowest BCUT2D eigenvalue weighted by Gasteiger charge is -2.07. The van der Waals surface area contributed by atoms with Crippen LogP contribution < -0.4 is 21.7 Å². The Labute approximate surface area is 189 Å². The topological polar surface area (TPSA) is 155 Å². The molecule has 0 radical (unpaired) electrons. The van der Waals surface area contributed by atoms with Gasteiger partial charge in [-0.1, -0.05) is 11.6 Å². The van der Waals surface area contributed by atoms with Gasteiger partial charge in [-0.25, -0.2) is 19.4 Å². The van der Waals surface area contributed by atoms with Crippen molar-refractivity contribution >= 4 is 23.3 Å². The number of aromatic carboxylic acids is 1. The van der Waals surface area contributed by atoms with E-state index in [1.165, 1.54) is 29.2 Å². The molecule has 0 saturated heterocycles. The van der Waals surface area contributed by atoms with Crippen LogP contribution in [0, 0.1) is 0 Å². The van der Waals surface area contributed by atoms with Crippen molar-refractivity contribution in [3.8, 4) is 11.5 Å². The minimum Gasteiger partial charge on any atom is -0.478 e. The molecule has 0 aliphatic rings. The lowest BCUT2D eigenvalue weighted by molar-refractivity contribution is 0.0696. The maximum absolute atomic E-state index is 12.4. The second-order valence-corrected chi connectivity index (χ2v) is 7.12. The molecule has 12 heteroatoms. The summed E-state index contributed by atoms with van der Waals surface area (Å²) in [6.07, 6.45) is 4.06. The molecule has 33 heavy (non-hydrogen) atoms. The Morgan fingerprint density at radius 1 is 1.06 bits per heavy atom. The molecular formula is C21H15ClN6O5. The number of ether oxygens (including phenoxy) is 1. The fourth-order valence-electron chi connectivity index (χ4n) is 2.80. The van der Waals surface area contributed by atoms with E-state index in [4.69, 9.17) is 21.4 Å². The molecule has 166 valence electrons. The summed E-state index contributed by atoms with van der Waals surface area (Å²) in [5, 5.41) is 9.50. The number of carboxylic acid groups (broad SMARTS) is 1. The predicted molar refractivity (Wildman–Crippen MR) is 117 cm³/mol. The van der Waals surface area contributed by atoms with E-state index in [9.17, 15) is 14.4 Å². The lowest BCUT2D eigenvalue weighted by atomic mass is 10.3. The summed E-state index contributed by atoms with van der Waals surface area (Å²) in [5.41, 5.74) is -0.368. The van der Waals surface area contributed by atoms with Crippen molar-refractivity contribution in [3.63, 3.8) is 0 Å². The monoisotopic (exact) mass is 466 g/mol. The SMILES string of the molecule is O=C(O)c1cncc(Oc2ccc(/N=c3\[nH]c(=O)[nH]c(=O)n3Cc3ccc(Cl)cn3)cc2)c1. The molecule has 0 unspecified atom stereocenters. The molecule has 0 amide bonds. The van der Waals surface area contributed by atoms with E-state index in [0.717, 1.165) is 0 Å². The number of aromatic nitrogens is 5. The highest BCUT2D eigenvalue weighted by molar-refractivity contribution is 6.30. The molecule has 0 aliphatic heterocycles. The first-order valence-corrected chi connectivity index (χ1v) is 9.80. The van der Waals surface area contributed by atoms with E-state index < -0.39 is 17.3 Å². The van der Waals surface area contributed by atoms with Crippen molar-refractivity contribution in [2.24, 2.45) is 4.99 Å². The van der Waals surface area contributed by atoms with Crippen molar-refractivity contribution < 1.29 is 14.6 Å². The predicted octanol–water partition coefficient (Wildman–Crippen LogP) is 2.08. The zero-order chi connectivity index (χ0) is 23.4. The molecule has 0 aliphatic carbocycles. The zero-order valence-corrected chi connectivity index (χ0v) is 17.5. The summed E-state index contributed by atoms with van der Waals surface area (Å²) in [4.78, 5) is 52.2. The number of aromatic amines is 2. The zero-order valence-electron chi connectivity index (χ0n) is 16.7. The first kappa shape index (κ1) is 21.7. The summed E-state index contributed by atoms with van der Waals surface area (Å²) < 4.78 is 6.85. The van der Waals surface area contributed by atoms with Gasteiger partial charge in [0.05, 0.1) is 34.7 Å². The number of nitrogens with one attached hydrogen (secondary N) is 2. The van der Waals surface area contributed by atoms with Gasteiger partial charge in [0.25, 0.3) is 0 Å². The number of hydrogen-bond donors (Lipinski definition) is 3. The van der Waals surface area contributed by atoms with Gasteiger partial charge in [-0.05, 0) is 42.5 Å². The Kier molecular flexibility index (Phi) is 6.13. The highest BCUT2D eigenvalue weighted by Gasteiger charge is 2.07. The molecule has 11 nitrogen and oxygen atoms in total. The quantitative estimate of drug-likeness (QED) is 0.392. The van der Waals surface area contributed by atoms with Crippen LogP contribution in [0.3, 0.4) is 0 Å². The van der Waals surface area contributed by atoms with E-state index >= 15 is 0 Å². The lowest BCUT2D eigenvalue weighted by Crippen LogP contribution is -2.44. The Morgan fingerprint density at radius 3 is 2.55 bits per heavy atom. The molecule has 0 bridgehead atoms. The third-order valence-electron chi connectivity index (χ3n) is 4.32. The molecule has 3 heterocycles. The van der Waals surface area contributed by atoms with Crippen LogP contribution in [0.5, 0.6) is 11.5 Å². The number of benzene rings is 1. The Balaban J connectivity index is 1.63. The average Bonchev–Trinajstić information content (AvgIpc) is 2.79. The largest absolute Gasteiger partial charge is 0.478 e. The second-order valence-electron chi connectivity index (χ2n) is 6.68. The molecule has 0 fully saturated rings. The molecule has 4 rings (SSSR count). The number of H-pyrrole nitrogens is 2. The maximum atomic E-state index is 12.4. The molecule has 0 spiro atoms. The third kappa shape index (κ3) is 5.40. The summed E-state index contributed by atoms with van der Waals surface area (Å²) in [6, 6.07) is 11.1. The highest BCUT2D eigenvalue weighted by Crippen LogP contribution is 2.24. The number of carboxylic acids is 1.